The zero-order chi connectivity index (χ0) is 13.6. The van der Waals surface area contributed by atoms with Crippen LogP contribution < -0.4 is 5.73 Å². The van der Waals surface area contributed by atoms with Gasteiger partial charge in [0.2, 0.25) is 0 Å². The highest BCUT2D eigenvalue weighted by Crippen LogP contribution is 2.24. The SMILES string of the molecule is CN1N=CCn2nc3c(c2C1=O)CN(C(N)=O)CC3. The first-order valence-corrected chi connectivity index (χ1v) is 6.01. The van der Waals surface area contributed by atoms with Crippen molar-refractivity contribution in [2.24, 2.45) is 10.8 Å². The Balaban J connectivity index is 2.06. The van der Waals surface area contributed by atoms with Crippen LogP contribution in [0.15, 0.2) is 5.10 Å². The van der Waals surface area contributed by atoms with E-state index in [2.05, 4.69) is 10.2 Å². The number of hydrazone groups is 1. The molecule has 2 N–H and O–H groups in total. The van der Waals surface area contributed by atoms with Crippen molar-refractivity contribution in [1.82, 2.24) is 19.7 Å². The van der Waals surface area contributed by atoms with Gasteiger partial charge >= 0.3 is 6.03 Å². The highest BCUT2D eigenvalue weighted by Gasteiger charge is 2.31. The molecule has 2 aliphatic heterocycles. The molecule has 0 saturated heterocycles. The van der Waals surface area contributed by atoms with Crippen LogP contribution in [-0.2, 0) is 19.5 Å². The van der Waals surface area contributed by atoms with E-state index < -0.39 is 6.03 Å². The van der Waals surface area contributed by atoms with Gasteiger partial charge < -0.3 is 10.6 Å². The van der Waals surface area contributed by atoms with Crippen molar-refractivity contribution >= 4 is 18.2 Å². The molecular formula is C11H14N6O2. The van der Waals surface area contributed by atoms with Gasteiger partial charge in [0.25, 0.3) is 5.91 Å². The van der Waals surface area contributed by atoms with Crippen molar-refractivity contribution in [3.8, 4) is 0 Å². The van der Waals surface area contributed by atoms with Gasteiger partial charge in [0.1, 0.15) is 5.69 Å². The second-order valence-electron chi connectivity index (χ2n) is 4.59. The fraction of sp³-hybridized carbons (Fsp3) is 0.455. The van der Waals surface area contributed by atoms with Crippen LogP contribution in [0.4, 0.5) is 4.79 Å². The molecule has 3 amide bonds. The van der Waals surface area contributed by atoms with Crippen LogP contribution >= 0.6 is 0 Å². The molecule has 8 nitrogen and oxygen atoms in total. The molecule has 3 heterocycles. The maximum absolute atomic E-state index is 12.3. The Labute approximate surface area is 109 Å². The lowest BCUT2D eigenvalue weighted by molar-refractivity contribution is 0.0791. The van der Waals surface area contributed by atoms with Gasteiger partial charge in [0.05, 0.1) is 18.8 Å². The van der Waals surface area contributed by atoms with Crippen LogP contribution in [0, 0.1) is 0 Å². The summed E-state index contributed by atoms with van der Waals surface area (Å²) in [6.45, 7) is 1.32. The highest BCUT2D eigenvalue weighted by molar-refractivity contribution is 5.95. The quantitative estimate of drug-likeness (QED) is 0.675. The van der Waals surface area contributed by atoms with E-state index in [-0.39, 0.29) is 5.91 Å². The molecule has 0 atom stereocenters. The average Bonchev–Trinajstić information content (AvgIpc) is 2.68. The summed E-state index contributed by atoms with van der Waals surface area (Å²) >= 11 is 0. The second-order valence-corrected chi connectivity index (χ2v) is 4.59. The largest absolute Gasteiger partial charge is 0.351 e. The number of carbonyl (C=O) groups is 2. The first-order chi connectivity index (χ1) is 9.08. The van der Waals surface area contributed by atoms with E-state index in [0.29, 0.717) is 31.7 Å². The molecule has 0 spiro atoms. The minimum Gasteiger partial charge on any atom is -0.351 e. The molecule has 0 unspecified atom stereocenters. The number of amides is 3. The fourth-order valence-corrected chi connectivity index (χ4v) is 2.43. The summed E-state index contributed by atoms with van der Waals surface area (Å²) in [5.74, 6) is -0.214. The van der Waals surface area contributed by atoms with Crippen molar-refractivity contribution in [3.63, 3.8) is 0 Å². The van der Waals surface area contributed by atoms with E-state index >= 15 is 0 Å². The second kappa shape index (κ2) is 4.08. The summed E-state index contributed by atoms with van der Waals surface area (Å²) in [5.41, 5.74) is 7.45. The summed E-state index contributed by atoms with van der Waals surface area (Å²) in [6, 6.07) is -0.476. The average molecular weight is 262 g/mol. The van der Waals surface area contributed by atoms with Crippen LogP contribution in [-0.4, -0.2) is 51.4 Å². The van der Waals surface area contributed by atoms with E-state index in [1.807, 2.05) is 0 Å². The number of hydrogen-bond donors (Lipinski definition) is 1. The Hall–Kier alpha value is -2.38. The van der Waals surface area contributed by atoms with Crippen LogP contribution in [0.1, 0.15) is 21.7 Å². The number of aromatic nitrogens is 2. The number of fused-ring (bicyclic) bond motifs is 3. The zero-order valence-electron chi connectivity index (χ0n) is 10.5. The van der Waals surface area contributed by atoms with Gasteiger partial charge in [-0.25, -0.2) is 9.80 Å². The molecule has 0 saturated carbocycles. The molecule has 3 rings (SSSR count). The summed E-state index contributed by atoms with van der Waals surface area (Å²) in [4.78, 5) is 25.0. The third kappa shape index (κ3) is 1.76. The third-order valence-corrected chi connectivity index (χ3v) is 3.42. The molecule has 2 aliphatic rings. The Morgan fingerprint density at radius 2 is 2.26 bits per heavy atom. The summed E-state index contributed by atoms with van der Waals surface area (Å²) in [5, 5.41) is 9.70. The topological polar surface area (TPSA) is 96.8 Å². The standard InChI is InChI=1S/C11H14N6O2/c1-15-10(18)9-7-6-16(11(12)19)4-2-8(7)14-17(9)5-3-13-15/h3H,2,4-6H2,1H3,(H2,12,19). The number of primary amides is 1. The molecule has 0 bridgehead atoms. The Morgan fingerprint density at radius 3 is 3.00 bits per heavy atom. The normalized spacial score (nSPS) is 18.1. The van der Waals surface area contributed by atoms with Crippen molar-refractivity contribution in [3.05, 3.63) is 17.0 Å². The van der Waals surface area contributed by atoms with Gasteiger partial charge in [-0.1, -0.05) is 0 Å². The molecule has 0 fully saturated rings. The predicted molar refractivity (Wildman–Crippen MR) is 66.5 cm³/mol. The first kappa shape index (κ1) is 11.7. The summed E-state index contributed by atoms with van der Waals surface area (Å²) in [6.07, 6.45) is 2.26. The Kier molecular flexibility index (Phi) is 2.51. The van der Waals surface area contributed by atoms with E-state index in [4.69, 9.17) is 5.73 Å². The molecule has 100 valence electrons. The molecule has 1 aromatic heterocycles. The maximum Gasteiger partial charge on any atom is 0.315 e. The van der Waals surface area contributed by atoms with E-state index in [0.717, 1.165) is 11.3 Å². The maximum atomic E-state index is 12.3. The number of rotatable bonds is 0. The van der Waals surface area contributed by atoms with Crippen molar-refractivity contribution in [2.45, 2.75) is 19.5 Å². The number of urea groups is 1. The number of hydrogen-bond acceptors (Lipinski definition) is 4. The van der Waals surface area contributed by atoms with E-state index in [1.165, 1.54) is 9.91 Å². The van der Waals surface area contributed by atoms with Crippen LogP contribution in [0.3, 0.4) is 0 Å². The van der Waals surface area contributed by atoms with E-state index in [1.54, 1.807) is 17.9 Å². The highest BCUT2D eigenvalue weighted by atomic mass is 16.2. The van der Waals surface area contributed by atoms with Crippen molar-refractivity contribution in [2.75, 3.05) is 13.6 Å². The van der Waals surface area contributed by atoms with Crippen LogP contribution in [0.2, 0.25) is 0 Å². The minimum absolute atomic E-state index is 0.214. The van der Waals surface area contributed by atoms with Crippen LogP contribution in [0.5, 0.6) is 0 Å². The summed E-state index contributed by atoms with van der Waals surface area (Å²) < 4.78 is 1.64. The monoisotopic (exact) mass is 262 g/mol. The van der Waals surface area contributed by atoms with Crippen molar-refractivity contribution in [1.29, 1.82) is 0 Å². The van der Waals surface area contributed by atoms with Gasteiger partial charge in [-0.15, -0.1) is 0 Å². The Morgan fingerprint density at radius 1 is 1.47 bits per heavy atom. The number of nitrogens with two attached hydrogens (primary N) is 1. The molecular weight excluding hydrogens is 248 g/mol. The summed E-state index contributed by atoms with van der Waals surface area (Å²) in [7, 11) is 1.60. The van der Waals surface area contributed by atoms with Gasteiger partial charge in [-0.05, 0) is 0 Å². The fourth-order valence-electron chi connectivity index (χ4n) is 2.43. The van der Waals surface area contributed by atoms with E-state index in [9.17, 15) is 9.59 Å². The number of nitrogens with zero attached hydrogens (tertiary/aromatic N) is 5. The molecule has 0 radical (unpaired) electrons. The molecule has 8 heteroatoms. The lowest BCUT2D eigenvalue weighted by atomic mass is 10.1. The molecule has 1 aromatic rings. The lowest BCUT2D eigenvalue weighted by Gasteiger charge is -2.25. The van der Waals surface area contributed by atoms with Gasteiger partial charge in [-0.3, -0.25) is 9.48 Å². The molecule has 0 aliphatic carbocycles. The van der Waals surface area contributed by atoms with Gasteiger partial charge in [0.15, 0.2) is 0 Å². The number of carbonyl (C=O) groups excluding carboxylic acids is 2. The predicted octanol–water partition coefficient (Wildman–Crippen LogP) is -0.609. The van der Waals surface area contributed by atoms with Crippen LogP contribution in [0.25, 0.3) is 0 Å². The minimum atomic E-state index is -0.476. The Bertz CT molecular complexity index is 590. The molecule has 19 heavy (non-hydrogen) atoms. The zero-order valence-corrected chi connectivity index (χ0v) is 10.5. The lowest BCUT2D eigenvalue weighted by Crippen LogP contribution is -2.40. The van der Waals surface area contributed by atoms with Gasteiger partial charge in [0, 0.05) is 31.8 Å². The van der Waals surface area contributed by atoms with Gasteiger partial charge in [-0.2, -0.15) is 10.2 Å². The molecule has 0 aromatic carbocycles. The van der Waals surface area contributed by atoms with Crippen molar-refractivity contribution < 1.29 is 9.59 Å². The first-order valence-electron chi connectivity index (χ1n) is 6.01. The smallest absolute Gasteiger partial charge is 0.315 e. The third-order valence-electron chi connectivity index (χ3n) is 3.42.